The molecule has 12 heteroatoms. The maximum absolute atomic E-state index is 12.3. The summed E-state index contributed by atoms with van der Waals surface area (Å²) in [6.45, 7) is 28.2. The zero-order chi connectivity index (χ0) is 51.6. The molecule has 0 saturated heterocycles. The number of phenolic OH excluding ortho intramolecular Hbond substituents is 12. The molecule has 0 radical (unpaired) electrons. The van der Waals surface area contributed by atoms with Gasteiger partial charge in [-0.25, -0.2) is 0 Å². The van der Waals surface area contributed by atoms with E-state index in [0.717, 1.165) is 0 Å². The fourth-order valence-corrected chi connectivity index (χ4v) is 10.4. The van der Waals surface area contributed by atoms with Crippen molar-refractivity contribution in [2.75, 3.05) is 0 Å². The second-order valence-corrected chi connectivity index (χ2v) is 20.9. The van der Waals surface area contributed by atoms with E-state index in [1.54, 1.807) is 135 Å². The van der Waals surface area contributed by atoms with Gasteiger partial charge in [0.1, 0.15) is 69.0 Å². The van der Waals surface area contributed by atoms with Crippen molar-refractivity contribution in [1.29, 1.82) is 0 Å². The van der Waals surface area contributed by atoms with Crippen molar-refractivity contribution in [3.63, 3.8) is 0 Å². The standard InChI is InChI=1S/C56H74O12/c1-21(2)31-45(57)32(22(3)4)50(62)41(49(31)61)39(42-51(63)33(23(5)6)46(58)34(24(7)8)52(42)64)29-17-19-30(20-18-29)40(43-53(65)35(25(9)10)47(59)36(26(11)12)54(43)66)44-55(67)37(27(13)14)48(60)38(28(15)16)56(44)68/h17-28,39-40,57-68H,1-16H3. The highest BCUT2D eigenvalue weighted by Crippen LogP contribution is 2.61. The Morgan fingerprint density at radius 1 is 0.191 bits per heavy atom. The third-order valence-corrected chi connectivity index (χ3v) is 13.5. The normalized spacial score (nSPS) is 12.4. The molecule has 0 unspecified atom stereocenters. The van der Waals surface area contributed by atoms with Crippen LogP contribution < -0.4 is 0 Å². The number of benzene rings is 5. The van der Waals surface area contributed by atoms with Crippen molar-refractivity contribution in [2.24, 2.45) is 0 Å². The van der Waals surface area contributed by atoms with Crippen LogP contribution >= 0.6 is 0 Å². The zero-order valence-electron chi connectivity index (χ0n) is 42.4. The minimum atomic E-state index is -1.40. The summed E-state index contributed by atoms with van der Waals surface area (Å²) in [5, 5.41) is 145. The molecule has 370 valence electrons. The van der Waals surface area contributed by atoms with E-state index in [-0.39, 0.29) is 101 Å². The van der Waals surface area contributed by atoms with Gasteiger partial charge in [0, 0.05) is 78.6 Å². The van der Waals surface area contributed by atoms with Gasteiger partial charge in [0.05, 0.1) is 0 Å². The van der Waals surface area contributed by atoms with Crippen LogP contribution in [0.25, 0.3) is 0 Å². The van der Waals surface area contributed by atoms with Gasteiger partial charge < -0.3 is 61.3 Å². The van der Waals surface area contributed by atoms with Crippen molar-refractivity contribution in [1.82, 2.24) is 0 Å². The summed E-state index contributed by atoms with van der Waals surface area (Å²) in [4.78, 5) is 0. The van der Waals surface area contributed by atoms with Gasteiger partial charge in [-0.1, -0.05) is 135 Å². The van der Waals surface area contributed by atoms with Crippen molar-refractivity contribution in [3.05, 3.63) is 102 Å². The monoisotopic (exact) mass is 939 g/mol. The van der Waals surface area contributed by atoms with Gasteiger partial charge >= 0.3 is 0 Å². The Hall–Kier alpha value is -6.30. The van der Waals surface area contributed by atoms with Crippen molar-refractivity contribution in [2.45, 2.75) is 170 Å². The number of hydrogen-bond acceptors (Lipinski definition) is 12. The molecular weight excluding hydrogens is 865 g/mol. The highest BCUT2D eigenvalue weighted by Gasteiger charge is 2.41. The number of hydrogen-bond donors (Lipinski definition) is 12. The maximum Gasteiger partial charge on any atom is 0.130 e. The van der Waals surface area contributed by atoms with Crippen LogP contribution in [-0.4, -0.2) is 61.3 Å². The minimum absolute atomic E-state index is 0.120. The Kier molecular flexibility index (Phi) is 15.0. The lowest BCUT2D eigenvalue weighted by Gasteiger charge is -2.31. The van der Waals surface area contributed by atoms with E-state index in [1.807, 2.05) is 0 Å². The lowest BCUT2D eigenvalue weighted by molar-refractivity contribution is 0.383. The molecule has 68 heavy (non-hydrogen) atoms. The number of aromatic hydroxyl groups is 12. The van der Waals surface area contributed by atoms with Gasteiger partial charge in [-0.15, -0.1) is 0 Å². The van der Waals surface area contributed by atoms with Crippen LogP contribution in [0, 0.1) is 0 Å². The molecule has 0 aliphatic carbocycles. The van der Waals surface area contributed by atoms with Crippen LogP contribution in [0.5, 0.6) is 69.0 Å². The number of rotatable bonds is 14. The summed E-state index contributed by atoms with van der Waals surface area (Å²) in [6.07, 6.45) is 0. The summed E-state index contributed by atoms with van der Waals surface area (Å²) >= 11 is 0. The third-order valence-electron chi connectivity index (χ3n) is 13.5. The fraction of sp³-hybridized carbons (Fsp3) is 0.464. The first-order valence-corrected chi connectivity index (χ1v) is 23.8. The molecule has 0 aliphatic heterocycles. The molecule has 12 nitrogen and oxygen atoms in total. The van der Waals surface area contributed by atoms with Crippen LogP contribution in [0.15, 0.2) is 24.3 Å². The molecule has 0 bridgehead atoms. The lowest BCUT2D eigenvalue weighted by Crippen LogP contribution is -2.13. The van der Waals surface area contributed by atoms with Crippen molar-refractivity contribution in [3.8, 4) is 69.0 Å². The molecule has 0 atom stereocenters. The largest absolute Gasteiger partial charge is 0.507 e. The minimum Gasteiger partial charge on any atom is -0.507 e. The van der Waals surface area contributed by atoms with Crippen LogP contribution in [0.2, 0.25) is 0 Å². The van der Waals surface area contributed by atoms with Gasteiger partial charge in [-0.2, -0.15) is 0 Å². The smallest absolute Gasteiger partial charge is 0.130 e. The van der Waals surface area contributed by atoms with E-state index in [1.165, 1.54) is 0 Å². The zero-order valence-corrected chi connectivity index (χ0v) is 42.4. The van der Waals surface area contributed by atoms with E-state index < -0.39 is 105 Å². The second kappa shape index (κ2) is 19.4. The summed E-state index contributed by atoms with van der Waals surface area (Å²) in [7, 11) is 0. The second-order valence-electron chi connectivity index (χ2n) is 20.9. The molecule has 0 heterocycles. The molecule has 0 spiro atoms. The van der Waals surface area contributed by atoms with Crippen LogP contribution in [0.3, 0.4) is 0 Å². The van der Waals surface area contributed by atoms with Gasteiger partial charge in [-0.05, 0) is 58.5 Å². The molecule has 5 rings (SSSR count). The van der Waals surface area contributed by atoms with Crippen molar-refractivity contribution >= 4 is 0 Å². The lowest BCUT2D eigenvalue weighted by atomic mass is 9.74. The predicted molar refractivity (Wildman–Crippen MR) is 267 cm³/mol. The highest BCUT2D eigenvalue weighted by atomic mass is 16.3. The van der Waals surface area contributed by atoms with Gasteiger partial charge in [-0.3, -0.25) is 0 Å². The molecule has 5 aromatic carbocycles. The van der Waals surface area contributed by atoms with E-state index in [9.17, 15) is 61.3 Å². The van der Waals surface area contributed by atoms with Crippen LogP contribution in [0.4, 0.5) is 0 Å². The van der Waals surface area contributed by atoms with E-state index in [0.29, 0.717) is 0 Å². The fourth-order valence-electron chi connectivity index (χ4n) is 10.4. The summed E-state index contributed by atoms with van der Waals surface area (Å²) in [5.41, 5.74) is 0.917. The van der Waals surface area contributed by atoms with Crippen LogP contribution in [-0.2, 0) is 0 Å². The number of phenols is 12. The Balaban J connectivity index is 2.07. The molecule has 0 amide bonds. The van der Waals surface area contributed by atoms with Gasteiger partial charge in [0.2, 0.25) is 0 Å². The molecule has 12 N–H and O–H groups in total. The molecule has 0 aliphatic rings. The molecular formula is C56H74O12. The van der Waals surface area contributed by atoms with Gasteiger partial charge in [0.25, 0.3) is 0 Å². The molecule has 0 saturated carbocycles. The molecule has 5 aromatic rings. The van der Waals surface area contributed by atoms with Gasteiger partial charge in [0.15, 0.2) is 0 Å². The average Bonchev–Trinajstić information content (AvgIpc) is 3.18. The predicted octanol–water partition coefficient (Wildman–Crippen LogP) is 13.5. The maximum atomic E-state index is 12.3. The highest BCUT2D eigenvalue weighted by molar-refractivity contribution is 5.75. The summed E-state index contributed by atoms with van der Waals surface area (Å²) < 4.78 is 0. The summed E-state index contributed by atoms with van der Waals surface area (Å²) in [6, 6.07) is 6.34. The Morgan fingerprint density at radius 2 is 0.294 bits per heavy atom. The van der Waals surface area contributed by atoms with E-state index in [4.69, 9.17) is 0 Å². The third kappa shape index (κ3) is 8.49. The molecule has 0 aromatic heterocycles. The quantitative estimate of drug-likeness (QED) is 0.0465. The van der Waals surface area contributed by atoms with Crippen LogP contribution in [0.1, 0.15) is 248 Å². The Labute approximate surface area is 401 Å². The Morgan fingerprint density at radius 3 is 0.397 bits per heavy atom. The molecule has 0 fully saturated rings. The van der Waals surface area contributed by atoms with Crippen molar-refractivity contribution < 1.29 is 61.3 Å². The van der Waals surface area contributed by atoms with E-state index >= 15 is 0 Å². The summed E-state index contributed by atoms with van der Waals surface area (Å²) in [5.74, 6) is -11.8. The first-order valence-electron chi connectivity index (χ1n) is 23.8. The Bertz CT molecular complexity index is 2230. The first kappa shape index (κ1) is 52.7. The SMILES string of the molecule is CC(C)c1c(O)c(C(C)C)c(O)c(C(c2ccc(C(c3c(O)c(C(C)C)c(O)c(C(C)C)c3O)c3c(O)c(C(C)C)c(O)c(C(C)C)c3O)cc2)c2c(O)c(C(C)C)c(O)c(C(C)C)c2O)c1O. The first-order chi connectivity index (χ1) is 31.5. The van der Waals surface area contributed by atoms with E-state index in [2.05, 4.69) is 0 Å². The average molecular weight is 939 g/mol. The topological polar surface area (TPSA) is 243 Å².